The summed E-state index contributed by atoms with van der Waals surface area (Å²) < 4.78 is 45.0. The average Bonchev–Trinajstić information content (AvgIpc) is 2.59. The smallest absolute Gasteiger partial charge is 0.417 e. The van der Waals surface area contributed by atoms with Crippen molar-refractivity contribution >= 4 is 18.0 Å². The van der Waals surface area contributed by atoms with Crippen molar-refractivity contribution in [1.82, 2.24) is 9.80 Å². The number of nitrogens with zero attached hydrogens (tertiary/aromatic N) is 2. The summed E-state index contributed by atoms with van der Waals surface area (Å²) in [7, 11) is 0. The van der Waals surface area contributed by atoms with Gasteiger partial charge < -0.3 is 9.64 Å². The zero-order valence-corrected chi connectivity index (χ0v) is 16.4. The minimum absolute atomic E-state index is 0.0277. The monoisotopic (exact) mass is 404 g/mol. The Kier molecular flexibility index (Phi) is 5.38. The number of alkyl halides is 3. The lowest BCUT2D eigenvalue weighted by atomic mass is 9.83. The lowest BCUT2D eigenvalue weighted by molar-refractivity contribution is -0.137. The first-order valence-corrected chi connectivity index (χ1v) is 9.39. The minimum Gasteiger partial charge on any atom is -0.492 e. The molecule has 1 saturated heterocycles. The lowest BCUT2D eigenvalue weighted by Crippen LogP contribution is -2.58. The molecule has 1 fully saturated rings. The summed E-state index contributed by atoms with van der Waals surface area (Å²) in [5.74, 6) is 0.132. The van der Waals surface area contributed by atoms with E-state index in [0.717, 1.165) is 12.5 Å². The number of carbonyl (C=O) groups excluding carboxylic acids is 1. The molecule has 27 heavy (non-hydrogen) atoms. The summed E-state index contributed by atoms with van der Waals surface area (Å²) in [5.41, 5.74) is -0.292. The molecule has 0 bridgehead atoms. The van der Waals surface area contributed by atoms with Crippen LogP contribution in [0.2, 0.25) is 5.02 Å². The summed E-state index contributed by atoms with van der Waals surface area (Å²) in [6.45, 7) is 8.48. The van der Waals surface area contributed by atoms with Gasteiger partial charge in [-0.3, -0.25) is 9.69 Å². The molecule has 0 radical (unpaired) electrons. The van der Waals surface area contributed by atoms with Gasteiger partial charge in [-0.25, -0.2) is 0 Å². The van der Waals surface area contributed by atoms with Gasteiger partial charge in [-0.2, -0.15) is 13.2 Å². The van der Waals surface area contributed by atoms with E-state index in [9.17, 15) is 18.0 Å². The van der Waals surface area contributed by atoms with Crippen molar-refractivity contribution in [3.8, 4) is 5.75 Å². The fourth-order valence-corrected chi connectivity index (χ4v) is 4.34. The van der Waals surface area contributed by atoms with Crippen LogP contribution in [0.1, 0.15) is 44.4 Å². The first kappa shape index (κ1) is 20.3. The highest BCUT2D eigenvalue weighted by Crippen LogP contribution is 2.46. The third kappa shape index (κ3) is 3.90. The third-order valence-corrected chi connectivity index (χ3v) is 5.83. The molecule has 1 aromatic rings. The zero-order chi connectivity index (χ0) is 20.0. The Morgan fingerprint density at radius 3 is 2.52 bits per heavy atom. The van der Waals surface area contributed by atoms with Crippen LogP contribution in [0, 0.1) is 5.41 Å². The van der Waals surface area contributed by atoms with Crippen LogP contribution in [0.5, 0.6) is 5.75 Å². The molecule has 1 amide bonds. The van der Waals surface area contributed by atoms with Crippen LogP contribution < -0.4 is 4.74 Å². The van der Waals surface area contributed by atoms with Crippen LogP contribution in [0.25, 0.3) is 0 Å². The van der Waals surface area contributed by atoms with E-state index in [1.165, 1.54) is 6.07 Å². The molecule has 0 aromatic heterocycles. The number of ether oxygens (including phenoxy) is 1. The number of hydrogen-bond acceptors (Lipinski definition) is 3. The molecule has 150 valence electrons. The van der Waals surface area contributed by atoms with Gasteiger partial charge in [0.15, 0.2) is 0 Å². The second-order valence-corrected chi connectivity index (χ2v) is 8.59. The number of amides is 1. The van der Waals surface area contributed by atoms with E-state index in [0.29, 0.717) is 38.2 Å². The van der Waals surface area contributed by atoms with Gasteiger partial charge in [0.2, 0.25) is 6.41 Å². The van der Waals surface area contributed by atoms with Gasteiger partial charge in [-0.05, 0) is 11.5 Å². The SMILES string of the molecule is CC(C)(C)C1CN(C2CCOc3c2ccc(C(F)(F)F)c3Cl)CCN1C=O. The van der Waals surface area contributed by atoms with E-state index in [-0.39, 0.29) is 28.3 Å². The number of carbonyl (C=O) groups is 1. The molecule has 1 aromatic carbocycles. The van der Waals surface area contributed by atoms with Gasteiger partial charge in [-0.1, -0.05) is 38.4 Å². The molecular weight excluding hydrogens is 381 g/mol. The first-order chi connectivity index (χ1) is 12.5. The van der Waals surface area contributed by atoms with Gasteiger partial charge in [0.1, 0.15) is 5.75 Å². The number of fused-ring (bicyclic) bond motifs is 1. The Hall–Kier alpha value is -1.47. The van der Waals surface area contributed by atoms with E-state index in [2.05, 4.69) is 25.7 Å². The lowest BCUT2D eigenvalue weighted by Gasteiger charge is -2.48. The predicted octanol–water partition coefficient (Wildman–Crippen LogP) is 4.37. The maximum absolute atomic E-state index is 13.1. The van der Waals surface area contributed by atoms with E-state index in [1.807, 2.05) is 4.90 Å². The molecule has 2 unspecified atom stereocenters. The largest absolute Gasteiger partial charge is 0.492 e. The molecule has 0 spiro atoms. The standard InChI is InChI=1S/C19H24ClF3N2O2/c1-18(2,3)15-10-24(7-8-25(15)11-26)14-6-9-27-17-12(14)4-5-13(16(17)20)19(21,22)23/h4-5,11,14-15H,6-10H2,1-3H3. The van der Waals surface area contributed by atoms with Gasteiger partial charge in [0, 0.05) is 43.7 Å². The second-order valence-electron chi connectivity index (χ2n) is 8.22. The van der Waals surface area contributed by atoms with Crippen molar-refractivity contribution in [3.05, 3.63) is 28.3 Å². The number of rotatable bonds is 2. The van der Waals surface area contributed by atoms with E-state index < -0.39 is 11.7 Å². The van der Waals surface area contributed by atoms with E-state index in [4.69, 9.17) is 16.3 Å². The maximum Gasteiger partial charge on any atom is 0.417 e. The van der Waals surface area contributed by atoms with Crippen LogP contribution >= 0.6 is 11.6 Å². The fraction of sp³-hybridized carbons (Fsp3) is 0.632. The van der Waals surface area contributed by atoms with Crippen LogP contribution in [-0.4, -0.2) is 48.5 Å². The average molecular weight is 405 g/mol. The molecule has 0 saturated carbocycles. The normalized spacial score (nSPS) is 24.3. The number of hydrogen-bond donors (Lipinski definition) is 0. The van der Waals surface area contributed by atoms with Gasteiger partial charge >= 0.3 is 6.18 Å². The molecule has 2 aliphatic rings. The highest BCUT2D eigenvalue weighted by Gasteiger charge is 2.41. The Morgan fingerprint density at radius 1 is 1.22 bits per heavy atom. The van der Waals surface area contributed by atoms with Crippen molar-refractivity contribution < 1.29 is 22.7 Å². The Balaban J connectivity index is 1.92. The first-order valence-electron chi connectivity index (χ1n) is 9.01. The Bertz CT molecular complexity index is 718. The molecule has 3 rings (SSSR count). The molecule has 0 aliphatic carbocycles. The van der Waals surface area contributed by atoms with Crippen LogP contribution in [-0.2, 0) is 11.0 Å². The van der Waals surface area contributed by atoms with Gasteiger partial charge in [0.05, 0.1) is 17.2 Å². The van der Waals surface area contributed by atoms with E-state index >= 15 is 0 Å². The highest BCUT2D eigenvalue weighted by molar-refractivity contribution is 6.33. The topological polar surface area (TPSA) is 32.8 Å². The third-order valence-electron chi connectivity index (χ3n) is 5.46. The van der Waals surface area contributed by atoms with Crippen molar-refractivity contribution in [2.75, 3.05) is 26.2 Å². The van der Waals surface area contributed by atoms with Crippen LogP contribution in [0.15, 0.2) is 12.1 Å². The summed E-state index contributed by atoms with van der Waals surface area (Å²) in [6.07, 6.45) is -2.96. The van der Waals surface area contributed by atoms with Crippen LogP contribution in [0.4, 0.5) is 13.2 Å². The Morgan fingerprint density at radius 2 is 1.93 bits per heavy atom. The molecule has 8 heteroatoms. The predicted molar refractivity (Wildman–Crippen MR) is 96.9 cm³/mol. The molecular formula is C19H24ClF3N2O2. The molecule has 2 aliphatic heterocycles. The summed E-state index contributed by atoms with van der Waals surface area (Å²) in [4.78, 5) is 15.5. The second kappa shape index (κ2) is 7.17. The molecule has 2 atom stereocenters. The number of piperazine rings is 1. The summed E-state index contributed by atoms with van der Waals surface area (Å²) in [5, 5.41) is -0.372. The quantitative estimate of drug-likeness (QED) is 0.686. The highest BCUT2D eigenvalue weighted by atomic mass is 35.5. The minimum atomic E-state index is -4.52. The van der Waals surface area contributed by atoms with Crippen molar-refractivity contribution in [2.45, 2.75) is 45.5 Å². The number of benzene rings is 1. The molecule has 4 nitrogen and oxygen atoms in total. The van der Waals surface area contributed by atoms with Gasteiger partial charge in [-0.15, -0.1) is 0 Å². The van der Waals surface area contributed by atoms with Crippen molar-refractivity contribution in [2.24, 2.45) is 5.41 Å². The summed E-state index contributed by atoms with van der Waals surface area (Å²) in [6, 6.07) is 2.46. The van der Waals surface area contributed by atoms with E-state index in [1.54, 1.807) is 0 Å². The van der Waals surface area contributed by atoms with Crippen molar-refractivity contribution in [3.63, 3.8) is 0 Å². The van der Waals surface area contributed by atoms with Crippen LogP contribution in [0.3, 0.4) is 0 Å². The van der Waals surface area contributed by atoms with Crippen molar-refractivity contribution in [1.29, 1.82) is 0 Å². The Labute approximate surface area is 162 Å². The fourth-order valence-electron chi connectivity index (χ4n) is 4.01. The molecule has 2 heterocycles. The van der Waals surface area contributed by atoms with Gasteiger partial charge in [0.25, 0.3) is 0 Å². The maximum atomic E-state index is 13.1. The zero-order valence-electron chi connectivity index (χ0n) is 15.6. The number of halogens is 4. The molecule has 0 N–H and O–H groups in total. The summed E-state index contributed by atoms with van der Waals surface area (Å²) >= 11 is 6.04.